The molecule has 100 valence electrons. The molecule has 2 atom stereocenters. The van der Waals surface area contributed by atoms with Gasteiger partial charge in [-0.25, -0.2) is 0 Å². The minimum absolute atomic E-state index is 0.528. The van der Waals surface area contributed by atoms with Gasteiger partial charge >= 0.3 is 0 Å². The molecule has 0 saturated heterocycles. The minimum atomic E-state index is 0.528. The van der Waals surface area contributed by atoms with E-state index in [-0.39, 0.29) is 0 Å². The minimum Gasteiger partial charge on any atom is -0.377 e. The number of hydrogen-bond donors (Lipinski definition) is 0. The van der Waals surface area contributed by atoms with Gasteiger partial charge in [0.2, 0.25) is 0 Å². The molecule has 1 aliphatic rings. The van der Waals surface area contributed by atoms with Crippen molar-refractivity contribution in [3.05, 3.63) is 30.3 Å². The van der Waals surface area contributed by atoms with Gasteiger partial charge in [-0.15, -0.1) is 11.8 Å². The molecule has 0 radical (unpaired) electrons. The maximum atomic E-state index is 6.02. The topological polar surface area (TPSA) is 9.23 Å². The molecule has 1 aromatic carbocycles. The number of ether oxygens (including phenoxy) is 1. The zero-order valence-electron chi connectivity index (χ0n) is 11.3. The van der Waals surface area contributed by atoms with Crippen LogP contribution in [0.25, 0.3) is 0 Å². The first kappa shape index (κ1) is 14.0. The van der Waals surface area contributed by atoms with Crippen LogP contribution in [0, 0.1) is 5.92 Å². The molecule has 0 heterocycles. The van der Waals surface area contributed by atoms with Gasteiger partial charge in [-0.1, -0.05) is 44.4 Å². The number of hydrogen-bond acceptors (Lipinski definition) is 2. The SMILES string of the molecule is CCC1CCCC(OCCSc2ccccc2)C1. The molecule has 18 heavy (non-hydrogen) atoms. The summed E-state index contributed by atoms with van der Waals surface area (Å²) in [4.78, 5) is 1.34. The van der Waals surface area contributed by atoms with Crippen LogP contribution in [0.1, 0.15) is 39.0 Å². The van der Waals surface area contributed by atoms with E-state index in [1.54, 1.807) is 0 Å². The van der Waals surface area contributed by atoms with E-state index in [1.165, 1.54) is 37.0 Å². The van der Waals surface area contributed by atoms with E-state index in [9.17, 15) is 0 Å². The van der Waals surface area contributed by atoms with Crippen molar-refractivity contribution in [1.82, 2.24) is 0 Å². The van der Waals surface area contributed by atoms with Crippen molar-refractivity contribution < 1.29 is 4.74 Å². The number of rotatable bonds is 6. The maximum Gasteiger partial charge on any atom is 0.0578 e. The Balaban J connectivity index is 1.60. The average Bonchev–Trinajstić information content (AvgIpc) is 2.45. The quantitative estimate of drug-likeness (QED) is 0.541. The lowest BCUT2D eigenvalue weighted by Crippen LogP contribution is -2.23. The first-order valence-electron chi connectivity index (χ1n) is 7.18. The van der Waals surface area contributed by atoms with E-state index in [2.05, 4.69) is 37.3 Å². The van der Waals surface area contributed by atoms with Gasteiger partial charge in [0.15, 0.2) is 0 Å². The van der Waals surface area contributed by atoms with Crippen molar-refractivity contribution in [3.63, 3.8) is 0 Å². The third kappa shape index (κ3) is 4.66. The van der Waals surface area contributed by atoms with Crippen LogP contribution in [0.3, 0.4) is 0 Å². The van der Waals surface area contributed by atoms with Gasteiger partial charge in [-0.2, -0.15) is 0 Å². The monoisotopic (exact) mass is 264 g/mol. The van der Waals surface area contributed by atoms with E-state index < -0.39 is 0 Å². The molecular weight excluding hydrogens is 240 g/mol. The fourth-order valence-electron chi connectivity index (χ4n) is 2.65. The van der Waals surface area contributed by atoms with E-state index >= 15 is 0 Å². The lowest BCUT2D eigenvalue weighted by Gasteiger charge is -2.28. The first-order valence-corrected chi connectivity index (χ1v) is 8.16. The van der Waals surface area contributed by atoms with Crippen molar-refractivity contribution in [1.29, 1.82) is 0 Å². The van der Waals surface area contributed by atoms with Gasteiger partial charge < -0.3 is 4.74 Å². The lowest BCUT2D eigenvalue weighted by molar-refractivity contribution is 0.0214. The molecule has 0 amide bonds. The molecule has 0 bridgehead atoms. The van der Waals surface area contributed by atoms with Crippen LogP contribution < -0.4 is 0 Å². The molecule has 1 aromatic rings. The van der Waals surface area contributed by atoms with Crippen molar-refractivity contribution >= 4 is 11.8 Å². The van der Waals surface area contributed by atoms with Crippen molar-refractivity contribution in [2.24, 2.45) is 5.92 Å². The van der Waals surface area contributed by atoms with Crippen LogP contribution in [-0.2, 0) is 4.74 Å². The van der Waals surface area contributed by atoms with Gasteiger partial charge in [-0.3, -0.25) is 0 Å². The standard InChI is InChI=1S/C16H24OS/c1-2-14-7-6-8-15(13-14)17-11-12-18-16-9-4-3-5-10-16/h3-5,9-10,14-15H,2,6-8,11-13H2,1H3. The largest absolute Gasteiger partial charge is 0.377 e. The summed E-state index contributed by atoms with van der Waals surface area (Å²) in [6.07, 6.45) is 7.17. The predicted octanol–water partition coefficient (Wildman–Crippen LogP) is 4.76. The average molecular weight is 264 g/mol. The smallest absolute Gasteiger partial charge is 0.0578 e. The van der Waals surface area contributed by atoms with E-state index in [4.69, 9.17) is 4.74 Å². The molecule has 1 aliphatic carbocycles. The molecule has 1 nitrogen and oxygen atoms in total. The third-order valence-corrected chi connectivity index (χ3v) is 4.74. The van der Waals surface area contributed by atoms with Crippen LogP contribution in [0.5, 0.6) is 0 Å². The zero-order valence-corrected chi connectivity index (χ0v) is 12.1. The van der Waals surface area contributed by atoms with Crippen LogP contribution >= 0.6 is 11.8 Å². The first-order chi connectivity index (χ1) is 8.88. The number of thioether (sulfide) groups is 1. The molecule has 2 rings (SSSR count). The highest BCUT2D eigenvalue weighted by Gasteiger charge is 2.20. The normalized spacial score (nSPS) is 24.1. The Morgan fingerprint density at radius 3 is 2.83 bits per heavy atom. The molecule has 0 aliphatic heterocycles. The van der Waals surface area contributed by atoms with Crippen LogP contribution in [0.15, 0.2) is 35.2 Å². The van der Waals surface area contributed by atoms with Crippen LogP contribution in [0.4, 0.5) is 0 Å². The molecular formula is C16H24OS. The molecule has 1 fully saturated rings. The zero-order chi connectivity index (χ0) is 12.6. The Kier molecular flexibility index (Phi) is 6.09. The second-order valence-electron chi connectivity index (χ2n) is 5.10. The highest BCUT2D eigenvalue weighted by atomic mass is 32.2. The molecule has 0 N–H and O–H groups in total. The molecule has 2 heteroatoms. The fraction of sp³-hybridized carbons (Fsp3) is 0.625. The van der Waals surface area contributed by atoms with Gasteiger partial charge in [0, 0.05) is 10.6 Å². The van der Waals surface area contributed by atoms with E-state index in [0.717, 1.165) is 18.3 Å². The van der Waals surface area contributed by atoms with Gasteiger partial charge in [0.25, 0.3) is 0 Å². The molecule has 0 aromatic heterocycles. The summed E-state index contributed by atoms with van der Waals surface area (Å²) < 4.78 is 6.02. The van der Waals surface area contributed by atoms with Crippen LogP contribution in [-0.4, -0.2) is 18.5 Å². The molecule has 1 saturated carbocycles. The van der Waals surface area contributed by atoms with Crippen molar-refractivity contribution in [2.75, 3.05) is 12.4 Å². The fourth-order valence-corrected chi connectivity index (χ4v) is 3.42. The summed E-state index contributed by atoms with van der Waals surface area (Å²) in [5, 5.41) is 0. The van der Waals surface area contributed by atoms with Gasteiger partial charge in [-0.05, 0) is 30.9 Å². The van der Waals surface area contributed by atoms with Crippen molar-refractivity contribution in [2.45, 2.75) is 50.0 Å². The molecule has 0 spiro atoms. The van der Waals surface area contributed by atoms with Gasteiger partial charge in [0.05, 0.1) is 12.7 Å². The second-order valence-corrected chi connectivity index (χ2v) is 6.26. The third-order valence-electron chi connectivity index (χ3n) is 3.76. The molecule has 2 unspecified atom stereocenters. The Hall–Kier alpha value is -0.470. The Labute approximate surface area is 115 Å². The van der Waals surface area contributed by atoms with Crippen LogP contribution in [0.2, 0.25) is 0 Å². The highest BCUT2D eigenvalue weighted by molar-refractivity contribution is 7.99. The van der Waals surface area contributed by atoms with Crippen molar-refractivity contribution in [3.8, 4) is 0 Å². The highest BCUT2D eigenvalue weighted by Crippen LogP contribution is 2.28. The van der Waals surface area contributed by atoms with E-state index in [0.29, 0.717) is 6.10 Å². The van der Waals surface area contributed by atoms with E-state index in [1.807, 2.05) is 11.8 Å². The lowest BCUT2D eigenvalue weighted by atomic mass is 9.85. The maximum absolute atomic E-state index is 6.02. The summed E-state index contributed by atoms with van der Waals surface area (Å²) in [6, 6.07) is 10.6. The Morgan fingerprint density at radius 2 is 2.06 bits per heavy atom. The summed E-state index contributed by atoms with van der Waals surface area (Å²) in [7, 11) is 0. The number of benzene rings is 1. The second kappa shape index (κ2) is 7.85. The summed E-state index contributed by atoms with van der Waals surface area (Å²) >= 11 is 1.89. The predicted molar refractivity (Wildman–Crippen MR) is 79.2 cm³/mol. The Bertz CT molecular complexity index is 325. The summed E-state index contributed by atoms with van der Waals surface area (Å²) in [5.41, 5.74) is 0. The summed E-state index contributed by atoms with van der Waals surface area (Å²) in [6.45, 7) is 3.19. The Morgan fingerprint density at radius 1 is 1.22 bits per heavy atom. The summed E-state index contributed by atoms with van der Waals surface area (Å²) in [5.74, 6) is 1.97. The van der Waals surface area contributed by atoms with Gasteiger partial charge in [0.1, 0.15) is 0 Å².